The van der Waals surface area contributed by atoms with E-state index in [-0.39, 0.29) is 17.1 Å². The number of hydrogen-bond donors (Lipinski definition) is 3. The molecule has 0 radical (unpaired) electrons. The molecule has 4 nitrogen and oxygen atoms in total. The lowest BCUT2D eigenvalue weighted by molar-refractivity contribution is 0.0230. The average Bonchev–Trinajstić information content (AvgIpc) is 2.23. The molecule has 0 aliphatic rings. The molecule has 0 aliphatic heterocycles. The first-order valence-electron chi connectivity index (χ1n) is 5.21. The SMILES string of the molecule is COC(C)(C)CNCc1ccc(O)c(O)c1. The highest BCUT2D eigenvalue weighted by molar-refractivity contribution is 5.40. The summed E-state index contributed by atoms with van der Waals surface area (Å²) in [4.78, 5) is 0. The van der Waals surface area contributed by atoms with Crippen LogP contribution in [0.4, 0.5) is 0 Å². The Morgan fingerprint density at radius 3 is 2.50 bits per heavy atom. The minimum absolute atomic E-state index is 0.0923. The molecule has 0 fully saturated rings. The van der Waals surface area contributed by atoms with Crippen LogP contribution in [0.1, 0.15) is 19.4 Å². The fourth-order valence-corrected chi connectivity index (χ4v) is 1.26. The molecule has 1 aromatic rings. The maximum Gasteiger partial charge on any atom is 0.157 e. The summed E-state index contributed by atoms with van der Waals surface area (Å²) in [5, 5.41) is 21.7. The van der Waals surface area contributed by atoms with E-state index in [4.69, 9.17) is 9.84 Å². The Morgan fingerprint density at radius 1 is 1.25 bits per heavy atom. The van der Waals surface area contributed by atoms with Crippen molar-refractivity contribution in [3.8, 4) is 11.5 Å². The Balaban J connectivity index is 2.46. The first-order valence-corrected chi connectivity index (χ1v) is 5.21. The predicted molar refractivity (Wildman–Crippen MR) is 62.6 cm³/mol. The highest BCUT2D eigenvalue weighted by Gasteiger charge is 2.15. The summed E-state index contributed by atoms with van der Waals surface area (Å²) < 4.78 is 5.27. The molecule has 0 aromatic heterocycles. The van der Waals surface area contributed by atoms with Gasteiger partial charge < -0.3 is 20.3 Å². The largest absolute Gasteiger partial charge is 0.504 e. The highest BCUT2D eigenvalue weighted by Crippen LogP contribution is 2.24. The maximum atomic E-state index is 9.30. The first kappa shape index (κ1) is 12.8. The van der Waals surface area contributed by atoms with Crippen LogP contribution in [0.3, 0.4) is 0 Å². The van der Waals surface area contributed by atoms with Crippen LogP contribution in [0.15, 0.2) is 18.2 Å². The van der Waals surface area contributed by atoms with Crippen molar-refractivity contribution < 1.29 is 14.9 Å². The van der Waals surface area contributed by atoms with Crippen LogP contribution in [0, 0.1) is 0 Å². The Hall–Kier alpha value is -1.26. The zero-order valence-corrected chi connectivity index (χ0v) is 9.95. The van der Waals surface area contributed by atoms with Gasteiger partial charge in [0.1, 0.15) is 0 Å². The minimum Gasteiger partial charge on any atom is -0.504 e. The van der Waals surface area contributed by atoms with Crippen LogP contribution in [0.5, 0.6) is 11.5 Å². The van der Waals surface area contributed by atoms with Crippen molar-refractivity contribution in [3.05, 3.63) is 23.8 Å². The molecule has 3 N–H and O–H groups in total. The number of aromatic hydroxyl groups is 2. The molecule has 90 valence electrons. The van der Waals surface area contributed by atoms with Crippen LogP contribution in [0.25, 0.3) is 0 Å². The Morgan fingerprint density at radius 2 is 1.94 bits per heavy atom. The summed E-state index contributed by atoms with van der Waals surface area (Å²) in [6.07, 6.45) is 0. The van der Waals surface area contributed by atoms with E-state index in [0.29, 0.717) is 13.1 Å². The van der Waals surface area contributed by atoms with Gasteiger partial charge in [0.05, 0.1) is 5.60 Å². The molecular formula is C12H19NO3. The minimum atomic E-state index is -0.209. The normalized spacial score (nSPS) is 11.7. The van der Waals surface area contributed by atoms with E-state index in [1.165, 1.54) is 6.07 Å². The van der Waals surface area contributed by atoms with E-state index in [2.05, 4.69) is 5.32 Å². The predicted octanol–water partition coefficient (Wildman–Crippen LogP) is 1.61. The fraction of sp³-hybridized carbons (Fsp3) is 0.500. The maximum absolute atomic E-state index is 9.30. The highest BCUT2D eigenvalue weighted by atomic mass is 16.5. The third kappa shape index (κ3) is 3.72. The van der Waals surface area contributed by atoms with E-state index >= 15 is 0 Å². The standard InChI is InChI=1S/C12H19NO3/c1-12(2,16-3)8-13-7-9-4-5-10(14)11(15)6-9/h4-6,13-15H,7-8H2,1-3H3. The van der Waals surface area contributed by atoms with E-state index in [1.807, 2.05) is 13.8 Å². The second-order valence-corrected chi connectivity index (χ2v) is 4.39. The van der Waals surface area contributed by atoms with Gasteiger partial charge >= 0.3 is 0 Å². The molecule has 0 bridgehead atoms. The van der Waals surface area contributed by atoms with Gasteiger partial charge in [0, 0.05) is 20.2 Å². The summed E-state index contributed by atoms with van der Waals surface area (Å²) in [5.74, 6) is -0.189. The number of ether oxygens (including phenoxy) is 1. The number of nitrogens with one attached hydrogen (secondary N) is 1. The van der Waals surface area contributed by atoms with E-state index in [1.54, 1.807) is 19.2 Å². The van der Waals surface area contributed by atoms with Crippen LogP contribution < -0.4 is 5.32 Å². The Bertz CT molecular complexity index is 350. The summed E-state index contributed by atoms with van der Waals surface area (Å²) >= 11 is 0. The second-order valence-electron chi connectivity index (χ2n) is 4.39. The fourth-order valence-electron chi connectivity index (χ4n) is 1.26. The van der Waals surface area contributed by atoms with Gasteiger partial charge in [0.25, 0.3) is 0 Å². The van der Waals surface area contributed by atoms with Gasteiger partial charge in [-0.15, -0.1) is 0 Å². The number of phenols is 2. The third-order valence-electron chi connectivity index (χ3n) is 2.47. The molecule has 0 amide bonds. The average molecular weight is 225 g/mol. The topological polar surface area (TPSA) is 61.7 Å². The summed E-state index contributed by atoms with van der Waals surface area (Å²) in [6.45, 7) is 5.33. The van der Waals surface area contributed by atoms with E-state index in [9.17, 15) is 5.11 Å². The van der Waals surface area contributed by atoms with Crippen molar-refractivity contribution in [2.75, 3.05) is 13.7 Å². The van der Waals surface area contributed by atoms with Gasteiger partial charge in [-0.2, -0.15) is 0 Å². The molecule has 16 heavy (non-hydrogen) atoms. The first-order chi connectivity index (χ1) is 7.44. The van der Waals surface area contributed by atoms with Crippen molar-refractivity contribution in [3.63, 3.8) is 0 Å². The number of benzene rings is 1. The van der Waals surface area contributed by atoms with Gasteiger partial charge in [-0.05, 0) is 31.5 Å². The van der Waals surface area contributed by atoms with Crippen molar-refractivity contribution in [1.82, 2.24) is 5.32 Å². The smallest absolute Gasteiger partial charge is 0.157 e. The number of rotatable bonds is 5. The van der Waals surface area contributed by atoms with Crippen LogP contribution in [0.2, 0.25) is 0 Å². The second kappa shape index (κ2) is 5.18. The molecule has 1 aromatic carbocycles. The molecular weight excluding hydrogens is 206 g/mol. The summed E-state index contributed by atoms with van der Waals surface area (Å²) in [7, 11) is 1.67. The molecule has 4 heteroatoms. The Kier molecular flexibility index (Phi) is 4.15. The molecule has 0 aliphatic carbocycles. The van der Waals surface area contributed by atoms with Crippen LogP contribution in [-0.4, -0.2) is 29.5 Å². The third-order valence-corrected chi connectivity index (χ3v) is 2.47. The van der Waals surface area contributed by atoms with E-state index in [0.717, 1.165) is 5.56 Å². The van der Waals surface area contributed by atoms with Crippen molar-refractivity contribution >= 4 is 0 Å². The zero-order chi connectivity index (χ0) is 12.2. The van der Waals surface area contributed by atoms with Crippen molar-refractivity contribution in [1.29, 1.82) is 0 Å². The molecule has 0 heterocycles. The monoisotopic (exact) mass is 225 g/mol. The van der Waals surface area contributed by atoms with Crippen LogP contribution >= 0.6 is 0 Å². The van der Waals surface area contributed by atoms with Gasteiger partial charge in [-0.3, -0.25) is 0 Å². The Labute approximate surface area is 95.9 Å². The quantitative estimate of drug-likeness (QED) is 0.666. The number of methoxy groups -OCH3 is 1. The van der Waals surface area contributed by atoms with Gasteiger partial charge in [-0.25, -0.2) is 0 Å². The molecule has 0 spiro atoms. The lowest BCUT2D eigenvalue weighted by atomic mass is 10.1. The molecule has 0 atom stereocenters. The zero-order valence-electron chi connectivity index (χ0n) is 9.95. The van der Waals surface area contributed by atoms with Gasteiger partial charge in [0.2, 0.25) is 0 Å². The number of hydrogen-bond acceptors (Lipinski definition) is 4. The van der Waals surface area contributed by atoms with E-state index < -0.39 is 0 Å². The van der Waals surface area contributed by atoms with Crippen molar-refractivity contribution in [2.45, 2.75) is 26.0 Å². The summed E-state index contributed by atoms with van der Waals surface area (Å²) in [5.41, 5.74) is 0.709. The molecule has 1 rings (SSSR count). The lowest BCUT2D eigenvalue weighted by Gasteiger charge is -2.23. The van der Waals surface area contributed by atoms with Gasteiger partial charge in [0.15, 0.2) is 11.5 Å². The van der Waals surface area contributed by atoms with Crippen LogP contribution in [-0.2, 0) is 11.3 Å². The lowest BCUT2D eigenvalue weighted by Crippen LogP contribution is -2.36. The molecule has 0 saturated carbocycles. The molecule has 0 unspecified atom stereocenters. The van der Waals surface area contributed by atoms with Crippen molar-refractivity contribution in [2.24, 2.45) is 0 Å². The van der Waals surface area contributed by atoms with Gasteiger partial charge in [-0.1, -0.05) is 6.07 Å². The molecule has 0 saturated heterocycles. The number of phenolic OH excluding ortho intramolecular Hbond substituents is 2. The summed E-state index contributed by atoms with van der Waals surface area (Å²) in [6, 6.07) is 4.79.